The Morgan fingerprint density at radius 2 is 1.69 bits per heavy atom. The van der Waals surface area contributed by atoms with Crippen molar-refractivity contribution in [3.8, 4) is 11.5 Å². The fourth-order valence-electron chi connectivity index (χ4n) is 3.37. The molecule has 4 aromatic rings. The van der Waals surface area contributed by atoms with E-state index in [-0.39, 0.29) is 11.8 Å². The lowest BCUT2D eigenvalue weighted by Gasteiger charge is -2.07. The molecule has 1 heterocycles. The molecule has 0 atom stereocenters. The summed E-state index contributed by atoms with van der Waals surface area (Å²) in [6, 6.07) is 17.7. The van der Waals surface area contributed by atoms with E-state index in [1.165, 1.54) is 17.6 Å². The number of nitrogens with one attached hydrogen (secondary N) is 2. The van der Waals surface area contributed by atoms with E-state index in [0.29, 0.717) is 32.6 Å². The van der Waals surface area contributed by atoms with Crippen molar-refractivity contribution >= 4 is 56.7 Å². The van der Waals surface area contributed by atoms with E-state index in [1.807, 2.05) is 25.1 Å². The molecule has 1 aromatic heterocycles. The second-order valence-corrected chi connectivity index (χ2v) is 9.02. The van der Waals surface area contributed by atoms with Gasteiger partial charge in [0.05, 0.1) is 25.5 Å². The number of hydrogen-bond donors (Lipinski definition) is 2. The van der Waals surface area contributed by atoms with Crippen LogP contribution in [-0.2, 0) is 0 Å². The number of hydrazone groups is 1. The summed E-state index contributed by atoms with van der Waals surface area (Å²) >= 11 is 7.78. The Balaban J connectivity index is 1.39. The van der Waals surface area contributed by atoms with Crippen molar-refractivity contribution in [2.45, 2.75) is 6.92 Å². The lowest BCUT2D eigenvalue weighted by atomic mass is 10.2. The molecule has 2 amide bonds. The fourth-order valence-corrected chi connectivity index (χ4v) is 4.88. The number of ether oxygens (including phenoxy) is 2. The van der Waals surface area contributed by atoms with E-state index < -0.39 is 0 Å². The first-order valence-electron chi connectivity index (χ1n) is 10.5. The summed E-state index contributed by atoms with van der Waals surface area (Å²) in [5.41, 5.74) is 5.25. The summed E-state index contributed by atoms with van der Waals surface area (Å²) in [5.74, 6) is 0.478. The number of aryl methyl sites for hydroxylation is 1. The lowest BCUT2D eigenvalue weighted by molar-refractivity contribution is 0.0954. The molecule has 0 aliphatic rings. The third kappa shape index (κ3) is 5.45. The van der Waals surface area contributed by atoms with Gasteiger partial charge in [-0.15, -0.1) is 11.3 Å². The van der Waals surface area contributed by atoms with E-state index in [1.54, 1.807) is 56.7 Å². The number of nitrogens with zero attached hydrogens (tertiary/aromatic N) is 1. The number of hydrogen-bond acceptors (Lipinski definition) is 6. The molecule has 35 heavy (non-hydrogen) atoms. The topological polar surface area (TPSA) is 89.0 Å². The molecule has 9 heteroatoms. The predicted molar refractivity (Wildman–Crippen MR) is 141 cm³/mol. The summed E-state index contributed by atoms with van der Waals surface area (Å²) in [7, 11) is 3.10. The van der Waals surface area contributed by atoms with Crippen molar-refractivity contribution in [1.29, 1.82) is 0 Å². The summed E-state index contributed by atoms with van der Waals surface area (Å²) in [4.78, 5) is 25.6. The van der Waals surface area contributed by atoms with Gasteiger partial charge in [-0.2, -0.15) is 5.10 Å². The molecule has 0 saturated carbocycles. The minimum atomic E-state index is -0.387. The van der Waals surface area contributed by atoms with Gasteiger partial charge in [-0.3, -0.25) is 9.59 Å². The minimum Gasteiger partial charge on any atom is -0.493 e. The Labute approximate surface area is 211 Å². The van der Waals surface area contributed by atoms with Crippen LogP contribution in [0.3, 0.4) is 0 Å². The smallest absolute Gasteiger partial charge is 0.271 e. The Hall–Kier alpha value is -3.88. The van der Waals surface area contributed by atoms with E-state index in [4.69, 9.17) is 21.1 Å². The predicted octanol–water partition coefficient (Wildman–Crippen LogP) is 5.90. The average Bonchev–Trinajstić information content (AvgIpc) is 3.19. The molecule has 178 valence electrons. The van der Waals surface area contributed by atoms with Crippen molar-refractivity contribution in [1.82, 2.24) is 5.43 Å². The van der Waals surface area contributed by atoms with Crippen LogP contribution in [0, 0.1) is 6.92 Å². The average molecular weight is 508 g/mol. The van der Waals surface area contributed by atoms with Crippen LogP contribution >= 0.6 is 22.9 Å². The van der Waals surface area contributed by atoms with Crippen molar-refractivity contribution in [3.63, 3.8) is 0 Å². The van der Waals surface area contributed by atoms with Gasteiger partial charge < -0.3 is 14.8 Å². The zero-order valence-electron chi connectivity index (χ0n) is 19.2. The highest BCUT2D eigenvalue weighted by Gasteiger charge is 2.17. The maximum Gasteiger partial charge on any atom is 0.271 e. The quantitative estimate of drug-likeness (QED) is 0.241. The summed E-state index contributed by atoms with van der Waals surface area (Å²) in [5, 5.41) is 8.11. The minimum absolute atomic E-state index is 0.300. The number of rotatable bonds is 7. The molecule has 0 fully saturated rings. The van der Waals surface area contributed by atoms with Gasteiger partial charge in [0, 0.05) is 21.3 Å². The lowest BCUT2D eigenvalue weighted by Crippen LogP contribution is -2.17. The summed E-state index contributed by atoms with van der Waals surface area (Å²) in [6.45, 7) is 1.99. The first-order valence-corrected chi connectivity index (χ1v) is 11.7. The molecule has 0 aliphatic carbocycles. The SMILES string of the molecule is COc1ccc(/C=N\NC(=O)c2ccc(NC(=O)c3sc4cc(C)ccc4c3Cl)cc2)cc1OC. The third-order valence-corrected chi connectivity index (χ3v) is 6.84. The maximum absolute atomic E-state index is 12.8. The molecule has 2 N–H and O–H groups in total. The summed E-state index contributed by atoms with van der Waals surface area (Å²) < 4.78 is 11.4. The molecule has 0 saturated heterocycles. The largest absolute Gasteiger partial charge is 0.493 e. The van der Waals surface area contributed by atoms with Crippen molar-refractivity contribution in [2.24, 2.45) is 5.10 Å². The maximum atomic E-state index is 12.8. The number of amides is 2. The van der Waals surface area contributed by atoms with Gasteiger partial charge in [-0.25, -0.2) is 5.43 Å². The first kappa shape index (κ1) is 24.3. The zero-order chi connectivity index (χ0) is 24.9. The standard InChI is InChI=1S/C26H22ClN3O4S/c1-15-4-10-19-22(12-15)35-24(23(19)27)26(32)29-18-8-6-17(7-9-18)25(31)30-28-14-16-5-11-20(33-2)21(13-16)34-3/h4-14H,1-3H3,(H,29,32)(H,30,31)/b28-14-. The number of carbonyl (C=O) groups excluding carboxylic acids is 2. The van der Waals surface area contributed by atoms with Crippen molar-refractivity contribution < 1.29 is 19.1 Å². The van der Waals surface area contributed by atoms with Crippen LogP contribution in [0.5, 0.6) is 11.5 Å². The highest BCUT2D eigenvalue weighted by atomic mass is 35.5. The summed E-state index contributed by atoms with van der Waals surface area (Å²) in [6.07, 6.45) is 1.50. The zero-order valence-corrected chi connectivity index (χ0v) is 20.8. The molecule has 7 nitrogen and oxygen atoms in total. The number of carbonyl (C=O) groups is 2. The van der Waals surface area contributed by atoms with Gasteiger partial charge in [0.15, 0.2) is 11.5 Å². The molecular formula is C26H22ClN3O4S. The van der Waals surface area contributed by atoms with Crippen molar-refractivity contribution in [2.75, 3.05) is 19.5 Å². The molecule has 0 bridgehead atoms. The molecule has 0 radical (unpaired) electrons. The van der Waals surface area contributed by atoms with E-state index in [2.05, 4.69) is 15.8 Å². The molecular weight excluding hydrogens is 486 g/mol. The van der Waals surface area contributed by atoms with Crippen LogP contribution in [0.2, 0.25) is 5.02 Å². The number of halogens is 1. The number of thiophene rings is 1. The highest BCUT2D eigenvalue weighted by molar-refractivity contribution is 7.21. The van der Waals surface area contributed by atoms with Gasteiger partial charge >= 0.3 is 0 Å². The highest BCUT2D eigenvalue weighted by Crippen LogP contribution is 2.36. The number of benzene rings is 3. The third-order valence-electron chi connectivity index (χ3n) is 5.18. The van der Waals surface area contributed by atoms with Crippen LogP contribution in [0.15, 0.2) is 65.8 Å². The van der Waals surface area contributed by atoms with Gasteiger partial charge in [0.25, 0.3) is 11.8 Å². The number of methoxy groups -OCH3 is 2. The number of fused-ring (bicyclic) bond motifs is 1. The Kier molecular flexibility index (Phi) is 7.33. The van der Waals surface area contributed by atoms with Gasteiger partial charge in [0.1, 0.15) is 4.88 Å². The Bertz CT molecular complexity index is 1430. The van der Waals surface area contributed by atoms with E-state index >= 15 is 0 Å². The normalized spacial score (nSPS) is 11.0. The van der Waals surface area contributed by atoms with E-state index in [9.17, 15) is 9.59 Å². The van der Waals surface area contributed by atoms with Gasteiger partial charge in [-0.1, -0.05) is 23.7 Å². The second-order valence-electron chi connectivity index (χ2n) is 7.59. The second kappa shape index (κ2) is 10.6. The molecule has 4 rings (SSSR count). The van der Waals surface area contributed by atoms with Gasteiger partial charge in [-0.05, 0) is 66.6 Å². The fraction of sp³-hybridized carbons (Fsp3) is 0.115. The Morgan fingerprint density at radius 1 is 0.943 bits per heavy atom. The van der Waals surface area contributed by atoms with Crippen LogP contribution in [0.25, 0.3) is 10.1 Å². The Morgan fingerprint density at radius 3 is 2.40 bits per heavy atom. The van der Waals surface area contributed by atoms with Crippen molar-refractivity contribution in [3.05, 3.63) is 87.3 Å². The van der Waals surface area contributed by atoms with E-state index in [0.717, 1.165) is 21.2 Å². The molecule has 0 spiro atoms. The van der Waals surface area contributed by atoms with Crippen LogP contribution in [-0.4, -0.2) is 32.2 Å². The molecule has 0 aliphatic heterocycles. The van der Waals surface area contributed by atoms with Crippen LogP contribution < -0.4 is 20.2 Å². The number of anilines is 1. The molecule has 3 aromatic carbocycles. The monoisotopic (exact) mass is 507 g/mol. The van der Waals surface area contributed by atoms with Crippen LogP contribution in [0.1, 0.15) is 31.2 Å². The molecule has 0 unspecified atom stereocenters. The first-order chi connectivity index (χ1) is 16.9. The van der Waals surface area contributed by atoms with Crippen LogP contribution in [0.4, 0.5) is 5.69 Å². The van der Waals surface area contributed by atoms with Gasteiger partial charge in [0.2, 0.25) is 0 Å².